The Balaban J connectivity index is 3.01. The maximum atomic E-state index is 5.18. The van der Waals surface area contributed by atoms with Crippen LogP contribution in [0.15, 0.2) is 12.2 Å². The van der Waals surface area contributed by atoms with E-state index in [9.17, 15) is 0 Å². The van der Waals surface area contributed by atoms with Crippen LogP contribution in [0.4, 0.5) is 0 Å². The minimum absolute atomic E-state index is 0.945. The lowest BCUT2D eigenvalue weighted by Gasteiger charge is -1.95. The van der Waals surface area contributed by atoms with Crippen LogP contribution in [0.5, 0.6) is 0 Å². The van der Waals surface area contributed by atoms with Crippen molar-refractivity contribution in [2.24, 2.45) is 0 Å². The molecule has 0 bridgehead atoms. The van der Waals surface area contributed by atoms with E-state index < -0.39 is 0 Å². The minimum Gasteiger partial charge on any atom is -0.120 e. The largest absolute Gasteiger partial charge is 0.120 e. The number of terminal acetylenes is 1. The predicted octanol–water partition coefficient (Wildman–Crippen LogP) is 5.10. The first kappa shape index (κ1) is 14.3. The average Bonchev–Trinajstić information content (AvgIpc) is 2.26. The van der Waals surface area contributed by atoms with Gasteiger partial charge in [0.1, 0.15) is 0 Å². The van der Waals surface area contributed by atoms with E-state index in [2.05, 4.69) is 25.0 Å². The van der Waals surface area contributed by atoms with Gasteiger partial charge < -0.3 is 0 Å². The van der Waals surface area contributed by atoms with Gasteiger partial charge in [0.15, 0.2) is 0 Å². The Kier molecular flexibility index (Phi) is 12.7. The Labute approximate surface area is 96.2 Å². The van der Waals surface area contributed by atoms with Crippen molar-refractivity contribution in [2.75, 3.05) is 0 Å². The second-order valence-corrected chi connectivity index (χ2v) is 4.12. The molecule has 0 aromatic carbocycles. The van der Waals surface area contributed by atoms with Crippen molar-refractivity contribution in [3.8, 4) is 12.3 Å². The molecule has 0 heterocycles. The zero-order valence-electron chi connectivity index (χ0n) is 10.3. The zero-order valence-corrected chi connectivity index (χ0v) is 10.3. The molecular weight excluding hydrogens is 180 g/mol. The number of hydrogen-bond donors (Lipinski definition) is 0. The van der Waals surface area contributed by atoms with Gasteiger partial charge in [-0.15, -0.1) is 12.3 Å². The first-order valence-electron chi connectivity index (χ1n) is 6.50. The molecule has 0 aliphatic rings. The highest BCUT2D eigenvalue weighted by Crippen LogP contribution is 2.06. The molecule has 0 aliphatic carbocycles. The van der Waals surface area contributed by atoms with Crippen LogP contribution in [0.25, 0.3) is 0 Å². The highest BCUT2D eigenvalue weighted by atomic mass is 13.9. The Bertz CT molecular complexity index is 171. The van der Waals surface area contributed by atoms with Crippen LogP contribution in [-0.2, 0) is 0 Å². The van der Waals surface area contributed by atoms with Gasteiger partial charge in [-0.05, 0) is 32.1 Å². The minimum atomic E-state index is 0.945. The van der Waals surface area contributed by atoms with E-state index in [0.717, 1.165) is 6.42 Å². The van der Waals surface area contributed by atoms with Crippen LogP contribution in [0.3, 0.4) is 0 Å². The molecule has 0 fully saturated rings. The molecule has 0 heteroatoms. The zero-order chi connectivity index (χ0) is 11.2. The molecule has 0 amide bonds. The van der Waals surface area contributed by atoms with Crippen LogP contribution in [0.1, 0.15) is 71.1 Å². The summed E-state index contributed by atoms with van der Waals surface area (Å²) in [7, 11) is 0. The van der Waals surface area contributed by atoms with Crippen LogP contribution < -0.4 is 0 Å². The summed E-state index contributed by atoms with van der Waals surface area (Å²) in [4.78, 5) is 0. The monoisotopic (exact) mass is 206 g/mol. The van der Waals surface area contributed by atoms with E-state index in [1.807, 2.05) is 0 Å². The molecule has 0 unspecified atom stereocenters. The van der Waals surface area contributed by atoms with Crippen LogP contribution >= 0.6 is 0 Å². The molecule has 0 nitrogen and oxygen atoms in total. The van der Waals surface area contributed by atoms with Crippen LogP contribution in [0, 0.1) is 12.3 Å². The third-order valence-electron chi connectivity index (χ3n) is 2.58. The summed E-state index contributed by atoms with van der Waals surface area (Å²) in [6.07, 6.45) is 22.6. The van der Waals surface area contributed by atoms with Crippen molar-refractivity contribution < 1.29 is 0 Å². The molecule has 0 aromatic heterocycles. The van der Waals surface area contributed by atoms with E-state index >= 15 is 0 Å². The fourth-order valence-electron chi connectivity index (χ4n) is 1.59. The molecule has 0 N–H and O–H groups in total. The van der Waals surface area contributed by atoms with E-state index in [1.54, 1.807) is 0 Å². The predicted molar refractivity (Wildman–Crippen MR) is 69.8 cm³/mol. The van der Waals surface area contributed by atoms with Crippen molar-refractivity contribution >= 4 is 0 Å². The van der Waals surface area contributed by atoms with Gasteiger partial charge in [0.25, 0.3) is 0 Å². The second kappa shape index (κ2) is 13.3. The molecule has 15 heavy (non-hydrogen) atoms. The highest BCUT2D eigenvalue weighted by molar-refractivity contribution is 4.84. The molecule has 0 aromatic rings. The summed E-state index contributed by atoms with van der Waals surface area (Å²) in [6, 6.07) is 0. The van der Waals surface area contributed by atoms with E-state index in [1.165, 1.54) is 57.8 Å². The summed E-state index contributed by atoms with van der Waals surface area (Å²) in [6.45, 7) is 2.26. The topological polar surface area (TPSA) is 0 Å². The molecule has 0 radical (unpaired) electrons. The van der Waals surface area contributed by atoms with Crippen molar-refractivity contribution in [1.82, 2.24) is 0 Å². The molecule has 0 spiro atoms. The first-order valence-corrected chi connectivity index (χ1v) is 6.50. The molecule has 0 rings (SSSR count). The maximum absolute atomic E-state index is 5.18. The van der Waals surface area contributed by atoms with E-state index in [0.29, 0.717) is 0 Å². The highest BCUT2D eigenvalue weighted by Gasteiger charge is 1.86. The average molecular weight is 206 g/mol. The fraction of sp³-hybridized carbons (Fsp3) is 0.733. The molecule has 0 aliphatic heterocycles. The van der Waals surface area contributed by atoms with Gasteiger partial charge in [0.05, 0.1) is 0 Å². The summed E-state index contributed by atoms with van der Waals surface area (Å²) in [5, 5.41) is 0. The van der Waals surface area contributed by atoms with Crippen LogP contribution in [0.2, 0.25) is 0 Å². The quantitative estimate of drug-likeness (QED) is 0.265. The lowest BCUT2D eigenvalue weighted by atomic mass is 10.1. The molecule has 0 atom stereocenters. The Morgan fingerprint density at radius 3 is 2.00 bits per heavy atom. The van der Waals surface area contributed by atoms with Crippen molar-refractivity contribution in [3.05, 3.63) is 12.2 Å². The third-order valence-corrected chi connectivity index (χ3v) is 2.58. The van der Waals surface area contributed by atoms with Gasteiger partial charge in [-0.2, -0.15) is 0 Å². The normalized spacial score (nSPS) is 10.7. The van der Waals surface area contributed by atoms with Gasteiger partial charge in [-0.1, -0.05) is 44.8 Å². The van der Waals surface area contributed by atoms with Crippen LogP contribution in [-0.4, -0.2) is 0 Å². The summed E-state index contributed by atoms with van der Waals surface area (Å²) >= 11 is 0. The fourth-order valence-corrected chi connectivity index (χ4v) is 1.59. The third kappa shape index (κ3) is 13.3. The summed E-state index contributed by atoms with van der Waals surface area (Å²) in [5.41, 5.74) is 0. The van der Waals surface area contributed by atoms with E-state index in [-0.39, 0.29) is 0 Å². The summed E-state index contributed by atoms with van der Waals surface area (Å²) in [5.74, 6) is 2.68. The Morgan fingerprint density at radius 2 is 1.47 bits per heavy atom. The van der Waals surface area contributed by atoms with Gasteiger partial charge in [-0.25, -0.2) is 0 Å². The second-order valence-electron chi connectivity index (χ2n) is 4.12. The van der Waals surface area contributed by atoms with Gasteiger partial charge in [-0.3, -0.25) is 0 Å². The number of allylic oxidation sites excluding steroid dienone is 2. The summed E-state index contributed by atoms with van der Waals surface area (Å²) < 4.78 is 0. The number of rotatable bonds is 10. The van der Waals surface area contributed by atoms with Crippen molar-refractivity contribution in [1.29, 1.82) is 0 Å². The van der Waals surface area contributed by atoms with Gasteiger partial charge >= 0.3 is 0 Å². The number of unbranched alkanes of at least 4 members (excludes halogenated alkanes) is 8. The molecule has 0 saturated carbocycles. The first-order chi connectivity index (χ1) is 7.41. The molecule has 0 saturated heterocycles. The van der Waals surface area contributed by atoms with Crippen molar-refractivity contribution in [3.63, 3.8) is 0 Å². The van der Waals surface area contributed by atoms with Gasteiger partial charge in [0, 0.05) is 6.42 Å². The van der Waals surface area contributed by atoms with Crippen molar-refractivity contribution in [2.45, 2.75) is 71.1 Å². The number of hydrogen-bond acceptors (Lipinski definition) is 0. The standard InChI is InChI=1S/C15H26/c1-3-5-7-9-11-13-15-14-12-10-8-6-4-2/h1,14-15H,4-13H2,2H3. The van der Waals surface area contributed by atoms with Gasteiger partial charge in [0.2, 0.25) is 0 Å². The molecule has 86 valence electrons. The smallest absolute Gasteiger partial charge is 0.00860 e. The van der Waals surface area contributed by atoms with E-state index in [4.69, 9.17) is 6.42 Å². The Hall–Kier alpha value is -0.700. The lowest BCUT2D eigenvalue weighted by molar-refractivity contribution is 0.671. The lowest BCUT2D eigenvalue weighted by Crippen LogP contribution is -1.76. The Morgan fingerprint density at radius 1 is 0.867 bits per heavy atom. The SMILES string of the molecule is C#CCCCCCC=CCCCCCC. The molecular formula is C15H26. The maximum Gasteiger partial charge on any atom is 0.00860 e.